The van der Waals surface area contributed by atoms with Gasteiger partial charge in [0.05, 0.1) is 0 Å². The fraction of sp³-hybridized carbons (Fsp3) is 0. The van der Waals surface area contributed by atoms with Crippen LogP contribution < -0.4 is 5.46 Å². The third kappa shape index (κ3) is 2.23. The molecule has 0 saturated heterocycles. The molecule has 8 heteroatoms. The molecule has 0 aliphatic carbocycles. The molecule has 0 spiro atoms. The third-order valence-corrected chi connectivity index (χ3v) is 1.90. The van der Waals surface area contributed by atoms with Crippen molar-refractivity contribution in [1.82, 2.24) is 4.98 Å². The summed E-state index contributed by atoms with van der Waals surface area (Å²) in [6.07, 6.45) is 1.04. The first-order valence-corrected chi connectivity index (χ1v) is 3.97. The first-order chi connectivity index (χ1) is 6.02. The van der Waals surface area contributed by atoms with Crippen molar-refractivity contribution < 1.29 is 15.0 Å². The summed E-state index contributed by atoms with van der Waals surface area (Å²) in [6, 6.07) is 1.23. The van der Waals surface area contributed by atoms with E-state index in [4.69, 9.17) is 10.0 Å². The van der Waals surface area contributed by atoms with E-state index in [0.29, 0.717) is 0 Å². The molecule has 1 aromatic rings. The van der Waals surface area contributed by atoms with Gasteiger partial charge in [-0.05, 0) is 31.9 Å². The van der Waals surface area contributed by atoms with Crippen molar-refractivity contribution in [2.45, 2.75) is 0 Å². The standard InChI is InChI=1S/C5H4BBrN2O4/c7-4-1-3(6(10)11)2-8-5(4)9(12)13/h1-2,10-11H. The molecule has 0 saturated carbocycles. The van der Waals surface area contributed by atoms with Crippen LogP contribution in [-0.4, -0.2) is 27.1 Å². The molecule has 1 rings (SSSR count). The van der Waals surface area contributed by atoms with Crippen LogP contribution in [0.2, 0.25) is 0 Å². The normalized spacial score (nSPS) is 9.77. The number of hydrogen-bond acceptors (Lipinski definition) is 5. The van der Waals surface area contributed by atoms with Crippen LogP contribution in [0, 0.1) is 10.1 Å². The van der Waals surface area contributed by atoms with Crippen molar-refractivity contribution >= 4 is 34.3 Å². The van der Waals surface area contributed by atoms with E-state index in [-0.39, 0.29) is 15.8 Å². The Balaban J connectivity index is 3.13. The Kier molecular flexibility index (Phi) is 2.96. The number of rotatable bonds is 2. The summed E-state index contributed by atoms with van der Waals surface area (Å²) in [5.74, 6) is -0.357. The topological polar surface area (TPSA) is 96.5 Å². The molecule has 0 fully saturated rings. The molecule has 0 aromatic carbocycles. The van der Waals surface area contributed by atoms with Gasteiger partial charge in [-0.1, -0.05) is 0 Å². The van der Waals surface area contributed by atoms with Crippen molar-refractivity contribution in [3.05, 3.63) is 26.9 Å². The number of aromatic nitrogens is 1. The first kappa shape index (κ1) is 10.1. The molecule has 0 aliphatic heterocycles. The monoisotopic (exact) mass is 246 g/mol. The molecule has 0 amide bonds. The molecular formula is C5H4BBrN2O4. The van der Waals surface area contributed by atoms with Gasteiger partial charge in [0.25, 0.3) is 0 Å². The van der Waals surface area contributed by atoms with Gasteiger partial charge in [0, 0.05) is 5.46 Å². The van der Waals surface area contributed by atoms with E-state index in [1.807, 2.05) is 0 Å². The van der Waals surface area contributed by atoms with Gasteiger partial charge < -0.3 is 20.2 Å². The summed E-state index contributed by atoms with van der Waals surface area (Å²) < 4.78 is 0.114. The van der Waals surface area contributed by atoms with Gasteiger partial charge in [-0.15, -0.1) is 0 Å². The third-order valence-electron chi connectivity index (χ3n) is 1.31. The fourth-order valence-corrected chi connectivity index (χ4v) is 1.23. The van der Waals surface area contributed by atoms with E-state index < -0.39 is 12.0 Å². The smallest absolute Gasteiger partial charge is 0.423 e. The minimum Gasteiger partial charge on any atom is -0.423 e. The average molecular weight is 247 g/mol. The first-order valence-electron chi connectivity index (χ1n) is 3.18. The number of nitro groups is 1. The van der Waals surface area contributed by atoms with E-state index in [1.165, 1.54) is 6.07 Å². The van der Waals surface area contributed by atoms with Crippen LogP contribution in [0.3, 0.4) is 0 Å². The largest absolute Gasteiger partial charge is 0.492 e. The minimum atomic E-state index is -1.68. The maximum absolute atomic E-state index is 10.3. The van der Waals surface area contributed by atoms with Gasteiger partial charge in [-0.3, -0.25) is 0 Å². The van der Waals surface area contributed by atoms with Crippen LogP contribution in [-0.2, 0) is 0 Å². The van der Waals surface area contributed by atoms with Crippen molar-refractivity contribution in [1.29, 1.82) is 0 Å². The van der Waals surface area contributed by atoms with Crippen molar-refractivity contribution in [3.63, 3.8) is 0 Å². The zero-order chi connectivity index (χ0) is 10.0. The van der Waals surface area contributed by atoms with Gasteiger partial charge in [-0.2, -0.15) is 0 Å². The second-order valence-electron chi connectivity index (χ2n) is 2.20. The Morgan fingerprint density at radius 2 is 2.23 bits per heavy atom. The summed E-state index contributed by atoms with van der Waals surface area (Å²) in [4.78, 5) is 13.1. The van der Waals surface area contributed by atoms with Crippen LogP contribution in [0.4, 0.5) is 5.82 Å². The molecule has 1 aromatic heterocycles. The van der Waals surface area contributed by atoms with Gasteiger partial charge >= 0.3 is 12.9 Å². The summed E-state index contributed by atoms with van der Waals surface area (Å²) in [5.41, 5.74) is 0.0949. The highest BCUT2D eigenvalue weighted by Crippen LogP contribution is 2.19. The quantitative estimate of drug-likeness (QED) is 0.414. The summed E-state index contributed by atoms with van der Waals surface area (Å²) >= 11 is 2.89. The van der Waals surface area contributed by atoms with E-state index >= 15 is 0 Å². The molecule has 68 valence electrons. The zero-order valence-corrected chi connectivity index (χ0v) is 7.80. The van der Waals surface area contributed by atoms with Crippen molar-refractivity contribution in [2.24, 2.45) is 0 Å². The molecule has 1 heterocycles. The van der Waals surface area contributed by atoms with Crippen LogP contribution in [0.25, 0.3) is 0 Å². The molecule has 2 N–H and O–H groups in total. The highest BCUT2D eigenvalue weighted by atomic mass is 79.9. The highest BCUT2D eigenvalue weighted by molar-refractivity contribution is 9.10. The predicted octanol–water partition coefficient (Wildman–Crippen LogP) is -0.568. The summed E-state index contributed by atoms with van der Waals surface area (Å²) in [5, 5.41) is 27.7. The molecule has 0 radical (unpaired) electrons. The van der Waals surface area contributed by atoms with Crippen LogP contribution >= 0.6 is 15.9 Å². The van der Waals surface area contributed by atoms with Crippen LogP contribution in [0.5, 0.6) is 0 Å². The molecule has 6 nitrogen and oxygen atoms in total. The molecule has 0 unspecified atom stereocenters. The van der Waals surface area contributed by atoms with Gasteiger partial charge in [0.15, 0.2) is 0 Å². The van der Waals surface area contributed by atoms with Crippen LogP contribution in [0.1, 0.15) is 0 Å². The zero-order valence-electron chi connectivity index (χ0n) is 6.22. The molecule has 13 heavy (non-hydrogen) atoms. The van der Waals surface area contributed by atoms with E-state index in [0.717, 1.165) is 6.20 Å². The Hall–Kier alpha value is -0.985. The molecular weight excluding hydrogens is 243 g/mol. The second kappa shape index (κ2) is 3.82. The molecule has 0 atom stereocenters. The SMILES string of the molecule is O=[N+]([O-])c1ncc(B(O)O)cc1Br. The number of hydrogen-bond donors (Lipinski definition) is 2. The van der Waals surface area contributed by atoms with E-state index in [1.54, 1.807) is 0 Å². The number of halogens is 1. The van der Waals surface area contributed by atoms with E-state index in [9.17, 15) is 10.1 Å². The van der Waals surface area contributed by atoms with Crippen molar-refractivity contribution in [2.75, 3.05) is 0 Å². The van der Waals surface area contributed by atoms with Gasteiger partial charge in [-0.25, -0.2) is 0 Å². The Morgan fingerprint density at radius 1 is 1.62 bits per heavy atom. The Morgan fingerprint density at radius 3 is 2.62 bits per heavy atom. The lowest BCUT2D eigenvalue weighted by atomic mass is 9.82. The fourth-order valence-electron chi connectivity index (χ4n) is 0.721. The van der Waals surface area contributed by atoms with E-state index in [2.05, 4.69) is 20.9 Å². The molecule has 0 bridgehead atoms. The summed E-state index contributed by atoms with van der Waals surface area (Å²) in [7, 11) is -1.68. The maximum atomic E-state index is 10.3. The van der Waals surface area contributed by atoms with Gasteiger partial charge in [0.1, 0.15) is 10.7 Å². The summed E-state index contributed by atoms with van der Waals surface area (Å²) in [6.45, 7) is 0. The second-order valence-corrected chi connectivity index (χ2v) is 3.06. The van der Waals surface area contributed by atoms with Crippen molar-refractivity contribution in [3.8, 4) is 0 Å². The number of pyridine rings is 1. The Labute approximate surface area is 81.7 Å². The lowest BCUT2D eigenvalue weighted by Gasteiger charge is -1.98. The predicted molar refractivity (Wildman–Crippen MR) is 48.4 cm³/mol. The lowest BCUT2D eigenvalue weighted by Crippen LogP contribution is -2.30. The van der Waals surface area contributed by atoms with Gasteiger partial charge in [0.2, 0.25) is 0 Å². The lowest BCUT2D eigenvalue weighted by molar-refractivity contribution is -0.390. The molecule has 0 aliphatic rings. The Bertz CT molecular complexity index is 345. The van der Waals surface area contributed by atoms with Crippen LogP contribution in [0.15, 0.2) is 16.7 Å². The number of nitrogens with zero attached hydrogens (tertiary/aromatic N) is 2. The highest BCUT2D eigenvalue weighted by Gasteiger charge is 2.19. The minimum absolute atomic E-state index is 0.0949. The average Bonchev–Trinajstić information content (AvgIpc) is 2.03. The maximum Gasteiger partial charge on any atom is 0.492 e.